The fraction of sp³-hybridized carbons (Fsp3) is 0.438. The van der Waals surface area contributed by atoms with E-state index in [1.165, 1.54) is 0 Å². The van der Waals surface area contributed by atoms with Crippen LogP contribution in [0.1, 0.15) is 18.5 Å². The van der Waals surface area contributed by atoms with Crippen molar-refractivity contribution < 1.29 is 9.50 Å². The molecule has 0 saturated heterocycles. The van der Waals surface area contributed by atoms with Crippen LogP contribution in [0.15, 0.2) is 30.6 Å². The van der Waals surface area contributed by atoms with Gasteiger partial charge in [-0.3, -0.25) is 4.98 Å². The maximum Gasteiger partial charge on any atom is 0.225 e. The molecule has 2 aromatic rings. The van der Waals surface area contributed by atoms with Crippen molar-refractivity contribution in [2.75, 3.05) is 17.7 Å². The Hall–Kier alpha value is -2.28. The van der Waals surface area contributed by atoms with E-state index in [4.69, 9.17) is 0 Å². The summed E-state index contributed by atoms with van der Waals surface area (Å²) in [5.41, 5.74) is 0.961. The van der Waals surface area contributed by atoms with Gasteiger partial charge >= 0.3 is 0 Å². The van der Waals surface area contributed by atoms with Crippen molar-refractivity contribution >= 4 is 11.8 Å². The largest absolute Gasteiger partial charge is 0.393 e. The zero-order chi connectivity index (χ0) is 16.2. The van der Waals surface area contributed by atoms with Crippen molar-refractivity contribution in [3.05, 3.63) is 42.1 Å². The predicted molar refractivity (Wildman–Crippen MR) is 85.6 cm³/mol. The molecule has 3 N–H and O–H groups in total. The Labute approximate surface area is 134 Å². The molecule has 0 radical (unpaired) electrons. The summed E-state index contributed by atoms with van der Waals surface area (Å²) in [6.45, 7) is 0. The molecule has 0 spiro atoms. The van der Waals surface area contributed by atoms with Crippen LogP contribution >= 0.6 is 0 Å². The van der Waals surface area contributed by atoms with Gasteiger partial charge in [-0.25, -0.2) is 9.37 Å². The summed E-state index contributed by atoms with van der Waals surface area (Å²) in [6.07, 6.45) is 4.85. The van der Waals surface area contributed by atoms with Gasteiger partial charge in [0.25, 0.3) is 0 Å². The molecule has 1 saturated carbocycles. The van der Waals surface area contributed by atoms with Crippen LogP contribution in [-0.2, 0) is 6.42 Å². The SMILES string of the molecule is CNc1nc(N[C@@H](Cc2ccccn2)C2CC(O)C2)ncc1F. The number of rotatable bonds is 6. The lowest BCUT2D eigenvalue weighted by Gasteiger charge is -2.38. The Morgan fingerprint density at radius 3 is 2.83 bits per heavy atom. The van der Waals surface area contributed by atoms with Gasteiger partial charge in [0.2, 0.25) is 5.95 Å². The topological polar surface area (TPSA) is 83.0 Å². The normalized spacial score (nSPS) is 21.3. The number of anilines is 2. The third-order valence-corrected chi connectivity index (χ3v) is 4.17. The molecule has 7 heteroatoms. The van der Waals surface area contributed by atoms with E-state index in [-0.39, 0.29) is 18.0 Å². The van der Waals surface area contributed by atoms with Gasteiger partial charge in [-0.05, 0) is 30.9 Å². The van der Waals surface area contributed by atoms with E-state index in [0.29, 0.717) is 18.3 Å². The molecule has 1 aliphatic carbocycles. The third-order valence-electron chi connectivity index (χ3n) is 4.17. The van der Waals surface area contributed by atoms with Crippen molar-refractivity contribution in [2.45, 2.75) is 31.4 Å². The average molecular weight is 317 g/mol. The number of halogens is 1. The summed E-state index contributed by atoms with van der Waals surface area (Å²) in [5.74, 6) is 0.364. The third kappa shape index (κ3) is 3.73. The number of pyridine rings is 1. The predicted octanol–water partition coefficient (Wildman–Crippen LogP) is 1.85. The van der Waals surface area contributed by atoms with Crippen LogP contribution in [-0.4, -0.2) is 39.3 Å². The number of hydrogen-bond acceptors (Lipinski definition) is 6. The van der Waals surface area contributed by atoms with Crippen LogP contribution in [0.4, 0.5) is 16.2 Å². The highest BCUT2D eigenvalue weighted by Gasteiger charge is 2.34. The zero-order valence-electron chi connectivity index (χ0n) is 12.9. The summed E-state index contributed by atoms with van der Waals surface area (Å²) in [7, 11) is 1.61. The van der Waals surface area contributed by atoms with Crippen LogP contribution in [0.5, 0.6) is 0 Å². The standard InChI is InChI=1S/C16H20FN5O/c1-18-15-13(17)9-20-16(22-15)21-14(10-6-12(23)7-10)8-11-4-2-3-5-19-11/h2-5,9-10,12,14,23H,6-8H2,1H3,(H2,18,20,21,22)/t10?,12?,14-/m0/s1. The molecule has 2 aromatic heterocycles. The van der Waals surface area contributed by atoms with Gasteiger partial charge in [-0.2, -0.15) is 4.98 Å². The molecule has 1 atom stereocenters. The molecular weight excluding hydrogens is 297 g/mol. The van der Waals surface area contributed by atoms with Gasteiger partial charge in [0.1, 0.15) is 0 Å². The Morgan fingerprint density at radius 1 is 1.35 bits per heavy atom. The Kier molecular flexibility index (Phi) is 4.66. The van der Waals surface area contributed by atoms with Gasteiger partial charge in [0.05, 0.1) is 12.3 Å². The smallest absolute Gasteiger partial charge is 0.225 e. The van der Waals surface area contributed by atoms with E-state index in [0.717, 1.165) is 24.7 Å². The van der Waals surface area contributed by atoms with E-state index in [1.807, 2.05) is 18.2 Å². The van der Waals surface area contributed by atoms with E-state index in [1.54, 1.807) is 13.2 Å². The van der Waals surface area contributed by atoms with Crippen molar-refractivity contribution in [1.29, 1.82) is 0 Å². The maximum absolute atomic E-state index is 13.5. The first kappa shape index (κ1) is 15.6. The van der Waals surface area contributed by atoms with Gasteiger partial charge < -0.3 is 15.7 Å². The minimum absolute atomic E-state index is 0.0449. The summed E-state index contributed by atoms with van der Waals surface area (Å²) < 4.78 is 13.5. The molecule has 1 aliphatic rings. The average Bonchev–Trinajstić information content (AvgIpc) is 2.54. The van der Waals surface area contributed by atoms with Crippen LogP contribution < -0.4 is 10.6 Å². The molecular formula is C16H20FN5O. The number of aromatic nitrogens is 3. The number of hydrogen-bond donors (Lipinski definition) is 3. The summed E-state index contributed by atoms with van der Waals surface area (Å²) >= 11 is 0. The molecule has 23 heavy (non-hydrogen) atoms. The molecule has 122 valence electrons. The molecule has 0 bridgehead atoms. The van der Waals surface area contributed by atoms with Crippen LogP contribution in [0.2, 0.25) is 0 Å². The number of nitrogens with zero attached hydrogens (tertiary/aromatic N) is 3. The van der Waals surface area contributed by atoms with Crippen molar-refractivity contribution in [2.24, 2.45) is 5.92 Å². The van der Waals surface area contributed by atoms with E-state index in [9.17, 15) is 9.50 Å². The first-order chi connectivity index (χ1) is 11.2. The Morgan fingerprint density at radius 2 is 2.17 bits per heavy atom. The Balaban J connectivity index is 1.75. The van der Waals surface area contributed by atoms with Gasteiger partial charge in [0, 0.05) is 31.4 Å². The second-order valence-corrected chi connectivity index (χ2v) is 5.80. The van der Waals surface area contributed by atoms with E-state index < -0.39 is 5.82 Å². The second kappa shape index (κ2) is 6.87. The second-order valence-electron chi connectivity index (χ2n) is 5.80. The lowest BCUT2D eigenvalue weighted by atomic mass is 9.76. The molecule has 0 amide bonds. The van der Waals surface area contributed by atoms with Crippen molar-refractivity contribution in [3.8, 4) is 0 Å². The first-order valence-electron chi connectivity index (χ1n) is 7.70. The van der Waals surface area contributed by atoms with Crippen LogP contribution in [0.3, 0.4) is 0 Å². The highest BCUT2D eigenvalue weighted by atomic mass is 19.1. The zero-order valence-corrected chi connectivity index (χ0v) is 12.9. The summed E-state index contributed by atoms with van der Waals surface area (Å²) in [4.78, 5) is 12.5. The fourth-order valence-corrected chi connectivity index (χ4v) is 2.82. The molecule has 0 aromatic carbocycles. The molecule has 2 heterocycles. The molecule has 0 aliphatic heterocycles. The molecule has 6 nitrogen and oxygen atoms in total. The van der Waals surface area contributed by atoms with E-state index in [2.05, 4.69) is 25.6 Å². The highest BCUT2D eigenvalue weighted by molar-refractivity contribution is 5.41. The quantitative estimate of drug-likeness (QED) is 0.754. The van der Waals surface area contributed by atoms with Crippen molar-refractivity contribution in [3.63, 3.8) is 0 Å². The maximum atomic E-state index is 13.5. The van der Waals surface area contributed by atoms with Gasteiger partial charge in [-0.15, -0.1) is 0 Å². The van der Waals surface area contributed by atoms with Gasteiger partial charge in [-0.1, -0.05) is 6.07 Å². The molecule has 0 unspecified atom stereocenters. The highest BCUT2D eigenvalue weighted by Crippen LogP contribution is 2.33. The number of aliphatic hydroxyl groups excluding tert-OH is 1. The summed E-state index contributed by atoms with van der Waals surface area (Å²) in [5, 5.41) is 15.6. The minimum atomic E-state index is -0.488. The fourth-order valence-electron chi connectivity index (χ4n) is 2.82. The number of nitrogens with one attached hydrogen (secondary N) is 2. The molecule has 3 rings (SSSR count). The minimum Gasteiger partial charge on any atom is -0.393 e. The first-order valence-corrected chi connectivity index (χ1v) is 7.70. The molecule has 1 fully saturated rings. The van der Waals surface area contributed by atoms with Crippen LogP contribution in [0.25, 0.3) is 0 Å². The monoisotopic (exact) mass is 317 g/mol. The summed E-state index contributed by atoms with van der Waals surface area (Å²) in [6, 6.07) is 5.83. The lowest BCUT2D eigenvalue weighted by Crippen LogP contribution is -2.42. The Bertz CT molecular complexity index is 648. The van der Waals surface area contributed by atoms with Crippen LogP contribution in [0, 0.1) is 11.7 Å². The lowest BCUT2D eigenvalue weighted by molar-refractivity contribution is 0.0340. The van der Waals surface area contributed by atoms with Gasteiger partial charge in [0.15, 0.2) is 11.6 Å². The van der Waals surface area contributed by atoms with Crippen molar-refractivity contribution in [1.82, 2.24) is 15.0 Å². The number of aliphatic hydroxyl groups is 1. The van der Waals surface area contributed by atoms with E-state index >= 15 is 0 Å².